The number of amides is 1. The first-order valence-electron chi connectivity index (χ1n) is 10.1. The second-order valence-corrected chi connectivity index (χ2v) is 8.40. The molecule has 2 atom stereocenters. The zero-order valence-corrected chi connectivity index (χ0v) is 17.1. The van der Waals surface area contributed by atoms with Gasteiger partial charge in [0.25, 0.3) is 0 Å². The topological polar surface area (TPSA) is 28.5 Å². The van der Waals surface area contributed by atoms with Crippen LogP contribution in [-0.2, 0) is 18.4 Å². The molecule has 3 rings (SSSR count). The molecule has 2 aromatic rings. The molecule has 27 heavy (non-hydrogen) atoms. The minimum absolute atomic E-state index is 0.191. The van der Waals surface area contributed by atoms with Gasteiger partial charge in [0.05, 0.1) is 0 Å². The summed E-state index contributed by atoms with van der Waals surface area (Å²) < 4.78 is 2.20. The summed E-state index contributed by atoms with van der Waals surface area (Å²) in [7, 11) is 2.11. The smallest absolute Gasteiger partial charge is 0.219 e. The highest BCUT2D eigenvalue weighted by Gasteiger charge is 2.35. The molecule has 0 N–H and O–H groups in total. The average molecular weight is 368 g/mol. The van der Waals surface area contributed by atoms with Crippen LogP contribution in [0.5, 0.6) is 0 Å². The molecule has 1 saturated heterocycles. The molecule has 0 unspecified atom stereocenters. The van der Waals surface area contributed by atoms with Crippen molar-refractivity contribution in [3.05, 3.63) is 59.9 Å². The Morgan fingerprint density at radius 2 is 1.89 bits per heavy atom. The van der Waals surface area contributed by atoms with E-state index in [4.69, 9.17) is 0 Å². The maximum Gasteiger partial charge on any atom is 0.219 e. The first kappa shape index (κ1) is 19.7. The predicted octanol–water partition coefficient (Wildman–Crippen LogP) is 3.75. The highest BCUT2D eigenvalue weighted by atomic mass is 16.2. The fourth-order valence-corrected chi connectivity index (χ4v) is 4.30. The summed E-state index contributed by atoms with van der Waals surface area (Å²) >= 11 is 0. The Labute approximate surface area is 163 Å². The Bertz CT molecular complexity index is 737. The fourth-order valence-electron chi connectivity index (χ4n) is 4.30. The zero-order valence-electron chi connectivity index (χ0n) is 17.1. The molecule has 1 aliphatic heterocycles. The van der Waals surface area contributed by atoms with Crippen LogP contribution in [0.2, 0.25) is 0 Å². The third-order valence-corrected chi connectivity index (χ3v) is 5.67. The summed E-state index contributed by atoms with van der Waals surface area (Å²) in [4.78, 5) is 16.8. The lowest BCUT2D eigenvalue weighted by Gasteiger charge is -2.29. The molecular weight excluding hydrogens is 334 g/mol. The van der Waals surface area contributed by atoms with Gasteiger partial charge >= 0.3 is 0 Å². The Balaban J connectivity index is 1.77. The molecule has 0 radical (unpaired) electrons. The van der Waals surface area contributed by atoms with Gasteiger partial charge in [-0.2, -0.15) is 0 Å². The van der Waals surface area contributed by atoms with E-state index in [1.165, 1.54) is 11.3 Å². The molecule has 0 spiro atoms. The van der Waals surface area contributed by atoms with Crippen molar-refractivity contribution in [3.8, 4) is 0 Å². The van der Waals surface area contributed by atoms with Crippen molar-refractivity contribution < 1.29 is 4.79 Å². The normalized spacial score (nSPS) is 20.3. The lowest BCUT2D eigenvalue weighted by Crippen LogP contribution is -2.38. The third kappa shape index (κ3) is 5.01. The van der Waals surface area contributed by atoms with Crippen molar-refractivity contribution in [2.24, 2.45) is 18.9 Å². The van der Waals surface area contributed by atoms with Gasteiger partial charge in [0.1, 0.15) is 0 Å². The lowest BCUT2D eigenvalue weighted by atomic mass is 9.88. The van der Waals surface area contributed by atoms with Crippen LogP contribution in [0.25, 0.3) is 0 Å². The van der Waals surface area contributed by atoms with Crippen LogP contribution in [-0.4, -0.2) is 46.5 Å². The number of benzene rings is 1. The van der Waals surface area contributed by atoms with Crippen molar-refractivity contribution in [1.82, 2.24) is 14.4 Å². The Hall–Kier alpha value is -2.07. The Kier molecular flexibility index (Phi) is 6.38. The van der Waals surface area contributed by atoms with Crippen molar-refractivity contribution in [2.45, 2.75) is 33.2 Å². The molecule has 0 saturated carbocycles. The van der Waals surface area contributed by atoms with Crippen LogP contribution < -0.4 is 0 Å². The number of hydrogen-bond donors (Lipinski definition) is 0. The maximum absolute atomic E-state index is 12.2. The van der Waals surface area contributed by atoms with Gasteiger partial charge in [-0.05, 0) is 29.5 Å². The summed E-state index contributed by atoms with van der Waals surface area (Å²) in [6.07, 6.45) is 2.11. The first-order valence-corrected chi connectivity index (χ1v) is 10.1. The molecule has 4 nitrogen and oxygen atoms in total. The second kappa shape index (κ2) is 8.75. The minimum Gasteiger partial charge on any atom is -0.353 e. The second-order valence-electron chi connectivity index (χ2n) is 8.40. The number of likely N-dealkylation sites (tertiary alicyclic amines) is 1. The van der Waals surface area contributed by atoms with E-state index in [2.05, 4.69) is 83.9 Å². The van der Waals surface area contributed by atoms with Gasteiger partial charge in [0.15, 0.2) is 0 Å². The molecule has 1 aliphatic rings. The SMILES string of the molecule is CC(=O)N(CC(C)C)C[C@@H]1CN(Cc2cccn2C)C[C@@H]1c1ccccc1. The van der Waals surface area contributed by atoms with E-state index in [1.807, 2.05) is 0 Å². The standard InChI is InChI=1S/C23H33N3O/c1-18(2)13-26(19(3)27)15-21-14-25(16-22-11-8-12-24(22)4)17-23(21)20-9-6-5-7-10-20/h5-12,18,21,23H,13-17H2,1-4H3/t21-,23+/m0/s1. The zero-order chi connectivity index (χ0) is 19.4. The number of hydrogen-bond acceptors (Lipinski definition) is 2. The summed E-state index contributed by atoms with van der Waals surface area (Å²) in [5.74, 6) is 1.62. The van der Waals surface area contributed by atoms with Crippen LogP contribution in [0, 0.1) is 11.8 Å². The number of aryl methyl sites for hydroxylation is 1. The van der Waals surface area contributed by atoms with E-state index in [0.29, 0.717) is 17.8 Å². The summed E-state index contributed by atoms with van der Waals surface area (Å²) in [5.41, 5.74) is 2.73. The molecule has 1 fully saturated rings. The number of rotatable bonds is 7. The molecular formula is C23H33N3O. The average Bonchev–Trinajstić information content (AvgIpc) is 3.21. The maximum atomic E-state index is 12.2. The van der Waals surface area contributed by atoms with Gasteiger partial charge in [0, 0.05) is 64.5 Å². The number of nitrogens with zero attached hydrogens (tertiary/aromatic N) is 3. The molecule has 1 aromatic carbocycles. The van der Waals surface area contributed by atoms with Gasteiger partial charge in [0.2, 0.25) is 5.91 Å². The van der Waals surface area contributed by atoms with Crippen LogP contribution in [0.15, 0.2) is 48.7 Å². The van der Waals surface area contributed by atoms with Crippen molar-refractivity contribution in [2.75, 3.05) is 26.2 Å². The van der Waals surface area contributed by atoms with E-state index < -0.39 is 0 Å². The molecule has 4 heteroatoms. The monoisotopic (exact) mass is 367 g/mol. The highest BCUT2D eigenvalue weighted by molar-refractivity contribution is 5.73. The highest BCUT2D eigenvalue weighted by Crippen LogP contribution is 2.34. The number of carbonyl (C=O) groups is 1. The van der Waals surface area contributed by atoms with E-state index in [9.17, 15) is 4.79 Å². The fraction of sp³-hybridized carbons (Fsp3) is 0.522. The first-order chi connectivity index (χ1) is 12.9. The quantitative estimate of drug-likeness (QED) is 0.746. The van der Waals surface area contributed by atoms with Crippen molar-refractivity contribution >= 4 is 5.91 Å². The Morgan fingerprint density at radius 1 is 1.15 bits per heavy atom. The summed E-state index contributed by atoms with van der Waals surface area (Å²) in [6.45, 7) is 10.8. The number of carbonyl (C=O) groups excluding carboxylic acids is 1. The van der Waals surface area contributed by atoms with Crippen LogP contribution in [0.4, 0.5) is 0 Å². The van der Waals surface area contributed by atoms with E-state index in [-0.39, 0.29) is 5.91 Å². The van der Waals surface area contributed by atoms with Crippen molar-refractivity contribution in [1.29, 1.82) is 0 Å². The molecule has 0 aliphatic carbocycles. The minimum atomic E-state index is 0.191. The molecule has 0 bridgehead atoms. The largest absolute Gasteiger partial charge is 0.353 e. The van der Waals surface area contributed by atoms with Crippen LogP contribution in [0.1, 0.15) is 37.9 Å². The predicted molar refractivity (Wildman–Crippen MR) is 110 cm³/mol. The van der Waals surface area contributed by atoms with Gasteiger partial charge in [-0.3, -0.25) is 9.69 Å². The van der Waals surface area contributed by atoms with E-state index in [0.717, 1.165) is 32.7 Å². The van der Waals surface area contributed by atoms with Crippen LogP contribution >= 0.6 is 0 Å². The summed E-state index contributed by atoms with van der Waals surface area (Å²) in [6, 6.07) is 15.1. The van der Waals surface area contributed by atoms with Gasteiger partial charge < -0.3 is 9.47 Å². The molecule has 1 aromatic heterocycles. The van der Waals surface area contributed by atoms with E-state index in [1.54, 1.807) is 6.92 Å². The van der Waals surface area contributed by atoms with Gasteiger partial charge in [-0.15, -0.1) is 0 Å². The lowest BCUT2D eigenvalue weighted by molar-refractivity contribution is -0.130. The summed E-state index contributed by atoms with van der Waals surface area (Å²) in [5, 5.41) is 0. The van der Waals surface area contributed by atoms with Gasteiger partial charge in [-0.1, -0.05) is 44.2 Å². The third-order valence-electron chi connectivity index (χ3n) is 5.67. The molecule has 1 amide bonds. The molecule has 146 valence electrons. The number of aromatic nitrogens is 1. The van der Waals surface area contributed by atoms with Crippen molar-refractivity contribution in [3.63, 3.8) is 0 Å². The van der Waals surface area contributed by atoms with E-state index >= 15 is 0 Å². The Morgan fingerprint density at radius 3 is 2.48 bits per heavy atom. The molecule has 2 heterocycles. The van der Waals surface area contributed by atoms with Crippen LogP contribution in [0.3, 0.4) is 0 Å². The van der Waals surface area contributed by atoms with Gasteiger partial charge in [-0.25, -0.2) is 0 Å².